The highest BCUT2D eigenvalue weighted by Gasteiger charge is 2.18. The number of rotatable bonds is 9. The van der Waals surface area contributed by atoms with Crippen molar-refractivity contribution in [2.75, 3.05) is 12.4 Å². The molecule has 42 heavy (non-hydrogen) atoms. The van der Waals surface area contributed by atoms with E-state index in [1.165, 1.54) is 22.0 Å². The van der Waals surface area contributed by atoms with E-state index < -0.39 is 5.56 Å². The third kappa shape index (κ3) is 5.85. The van der Waals surface area contributed by atoms with Crippen molar-refractivity contribution >= 4 is 17.3 Å². The standard InChI is InChI=1S/C33H29N5O4/c1-41-28-12-9-27(10-13-28)38-33(40)31(30(21-36-38)42-29-11-8-23-4-2-5-24(23)19-29)37-26-7-3-6-25(18-26)32(39)35-20-22-14-16-34-17-15-22/h3,6-19,21,37H,2,4-5,20H2,1H3,(H,35,39). The summed E-state index contributed by atoms with van der Waals surface area (Å²) in [4.78, 5) is 30.8. The average molecular weight is 560 g/mol. The van der Waals surface area contributed by atoms with Gasteiger partial charge in [-0.25, -0.2) is 0 Å². The summed E-state index contributed by atoms with van der Waals surface area (Å²) in [6.45, 7) is 0.370. The molecule has 0 atom stereocenters. The molecule has 0 spiro atoms. The molecular formula is C33H29N5O4. The highest BCUT2D eigenvalue weighted by atomic mass is 16.5. The first kappa shape index (κ1) is 26.8. The maximum Gasteiger partial charge on any atom is 0.299 e. The number of nitrogens with one attached hydrogen (secondary N) is 2. The smallest absolute Gasteiger partial charge is 0.299 e. The number of hydrogen-bond acceptors (Lipinski definition) is 7. The van der Waals surface area contributed by atoms with Crippen LogP contribution in [0.2, 0.25) is 0 Å². The second kappa shape index (κ2) is 12.0. The van der Waals surface area contributed by atoms with Gasteiger partial charge in [-0.15, -0.1) is 0 Å². The molecule has 1 aliphatic carbocycles. The molecular weight excluding hydrogens is 530 g/mol. The number of aromatic nitrogens is 3. The van der Waals surface area contributed by atoms with Crippen LogP contribution >= 0.6 is 0 Å². The van der Waals surface area contributed by atoms with E-state index in [0.29, 0.717) is 35.0 Å². The first-order chi connectivity index (χ1) is 20.6. The number of fused-ring (bicyclic) bond motifs is 1. The highest BCUT2D eigenvalue weighted by Crippen LogP contribution is 2.32. The van der Waals surface area contributed by atoms with Gasteiger partial charge in [0.2, 0.25) is 0 Å². The van der Waals surface area contributed by atoms with Crippen LogP contribution in [0.15, 0.2) is 102 Å². The summed E-state index contributed by atoms with van der Waals surface area (Å²) in [5.74, 6) is 1.33. The second-order valence-corrected chi connectivity index (χ2v) is 9.93. The molecule has 0 saturated heterocycles. The van der Waals surface area contributed by atoms with Gasteiger partial charge < -0.3 is 20.1 Å². The van der Waals surface area contributed by atoms with E-state index in [-0.39, 0.29) is 17.3 Å². The lowest BCUT2D eigenvalue weighted by Crippen LogP contribution is -2.24. The summed E-state index contributed by atoms with van der Waals surface area (Å²) in [6, 6.07) is 23.7. The van der Waals surface area contributed by atoms with Crippen molar-refractivity contribution in [2.24, 2.45) is 0 Å². The van der Waals surface area contributed by atoms with Crippen molar-refractivity contribution in [3.8, 4) is 22.9 Å². The molecule has 0 saturated carbocycles. The van der Waals surface area contributed by atoms with Gasteiger partial charge in [0, 0.05) is 30.2 Å². The summed E-state index contributed by atoms with van der Waals surface area (Å²) in [7, 11) is 1.58. The number of carbonyl (C=O) groups is 1. The van der Waals surface area contributed by atoms with E-state index in [0.717, 1.165) is 24.8 Å². The number of carbonyl (C=O) groups excluding carboxylic acids is 1. The Morgan fingerprint density at radius 1 is 0.929 bits per heavy atom. The van der Waals surface area contributed by atoms with Crippen molar-refractivity contribution in [2.45, 2.75) is 25.8 Å². The van der Waals surface area contributed by atoms with Crippen LogP contribution in [0, 0.1) is 0 Å². The van der Waals surface area contributed by atoms with Gasteiger partial charge in [0.1, 0.15) is 11.5 Å². The zero-order valence-electron chi connectivity index (χ0n) is 23.0. The maximum atomic E-state index is 13.8. The lowest BCUT2D eigenvalue weighted by Gasteiger charge is -2.16. The molecule has 0 aliphatic heterocycles. The second-order valence-electron chi connectivity index (χ2n) is 9.93. The topological polar surface area (TPSA) is 107 Å². The maximum absolute atomic E-state index is 13.8. The highest BCUT2D eigenvalue weighted by molar-refractivity contribution is 5.95. The normalized spacial score (nSPS) is 11.9. The van der Waals surface area contributed by atoms with Crippen molar-refractivity contribution < 1.29 is 14.3 Å². The first-order valence-corrected chi connectivity index (χ1v) is 13.7. The Morgan fingerprint density at radius 3 is 2.52 bits per heavy atom. The Balaban J connectivity index is 1.32. The van der Waals surface area contributed by atoms with Crippen molar-refractivity contribution in [1.82, 2.24) is 20.1 Å². The summed E-state index contributed by atoms with van der Waals surface area (Å²) < 4.78 is 12.8. The van der Waals surface area contributed by atoms with Crippen LogP contribution in [-0.2, 0) is 19.4 Å². The number of nitrogens with zero attached hydrogens (tertiary/aromatic N) is 3. The monoisotopic (exact) mass is 559 g/mol. The van der Waals surface area contributed by atoms with Crippen LogP contribution in [0.5, 0.6) is 17.2 Å². The summed E-state index contributed by atoms with van der Waals surface area (Å²) in [5, 5.41) is 10.5. The Kier molecular flexibility index (Phi) is 7.63. The Bertz CT molecular complexity index is 1790. The lowest BCUT2D eigenvalue weighted by molar-refractivity contribution is 0.0951. The van der Waals surface area contributed by atoms with Crippen LogP contribution in [0.25, 0.3) is 5.69 Å². The van der Waals surface area contributed by atoms with Gasteiger partial charge in [-0.05, 0) is 103 Å². The number of aryl methyl sites for hydroxylation is 2. The molecule has 210 valence electrons. The zero-order chi connectivity index (χ0) is 28.9. The van der Waals surface area contributed by atoms with E-state index in [9.17, 15) is 9.59 Å². The molecule has 6 rings (SSSR count). The van der Waals surface area contributed by atoms with E-state index >= 15 is 0 Å². The molecule has 3 aromatic carbocycles. The van der Waals surface area contributed by atoms with Crippen LogP contribution in [0.3, 0.4) is 0 Å². The molecule has 0 fully saturated rings. The van der Waals surface area contributed by atoms with Crippen LogP contribution < -0.4 is 25.7 Å². The number of methoxy groups -OCH3 is 1. The Labute approximate surface area is 242 Å². The third-order valence-electron chi connectivity index (χ3n) is 7.15. The van der Waals surface area contributed by atoms with E-state index in [1.54, 1.807) is 68.0 Å². The molecule has 9 nitrogen and oxygen atoms in total. The molecule has 2 aromatic heterocycles. The average Bonchev–Trinajstić information content (AvgIpc) is 3.50. The van der Waals surface area contributed by atoms with Crippen LogP contribution in [-0.4, -0.2) is 27.8 Å². The Morgan fingerprint density at radius 2 is 1.71 bits per heavy atom. The lowest BCUT2D eigenvalue weighted by atomic mass is 10.1. The minimum absolute atomic E-state index is 0.190. The fraction of sp³-hybridized carbons (Fsp3) is 0.152. The van der Waals surface area contributed by atoms with Crippen molar-refractivity contribution in [3.63, 3.8) is 0 Å². The summed E-state index contributed by atoms with van der Waals surface area (Å²) in [6.07, 6.45) is 8.08. The van der Waals surface area contributed by atoms with Crippen molar-refractivity contribution in [1.29, 1.82) is 0 Å². The van der Waals surface area contributed by atoms with Gasteiger partial charge in [0.05, 0.1) is 19.0 Å². The third-order valence-corrected chi connectivity index (χ3v) is 7.15. The predicted octanol–water partition coefficient (Wildman–Crippen LogP) is 5.59. The number of amides is 1. The summed E-state index contributed by atoms with van der Waals surface area (Å²) >= 11 is 0. The fourth-order valence-corrected chi connectivity index (χ4v) is 4.94. The van der Waals surface area contributed by atoms with E-state index in [1.807, 2.05) is 24.3 Å². The van der Waals surface area contributed by atoms with Crippen LogP contribution in [0.4, 0.5) is 11.4 Å². The van der Waals surface area contributed by atoms with Gasteiger partial charge in [0.15, 0.2) is 11.4 Å². The van der Waals surface area contributed by atoms with Gasteiger partial charge in [-0.1, -0.05) is 12.1 Å². The molecule has 1 amide bonds. The quantitative estimate of drug-likeness (QED) is 0.242. The van der Waals surface area contributed by atoms with Crippen LogP contribution in [0.1, 0.15) is 33.5 Å². The molecule has 2 N–H and O–H groups in total. The molecule has 0 unspecified atom stereocenters. The number of hydrogen-bond donors (Lipinski definition) is 2. The van der Waals surface area contributed by atoms with Gasteiger partial charge in [-0.3, -0.25) is 14.6 Å². The number of anilines is 2. The molecule has 2 heterocycles. The Hall–Kier alpha value is -5.44. The predicted molar refractivity (Wildman–Crippen MR) is 160 cm³/mol. The number of benzene rings is 3. The zero-order valence-corrected chi connectivity index (χ0v) is 23.0. The van der Waals surface area contributed by atoms with Gasteiger partial charge in [0.25, 0.3) is 11.5 Å². The van der Waals surface area contributed by atoms with E-state index in [2.05, 4.69) is 26.8 Å². The molecule has 1 aliphatic rings. The van der Waals surface area contributed by atoms with Crippen molar-refractivity contribution in [3.05, 3.63) is 130 Å². The fourth-order valence-electron chi connectivity index (χ4n) is 4.94. The summed E-state index contributed by atoms with van der Waals surface area (Å²) in [5.41, 5.74) is 4.87. The molecule has 0 bridgehead atoms. The minimum Gasteiger partial charge on any atom is -0.497 e. The minimum atomic E-state index is -0.411. The SMILES string of the molecule is COc1ccc(-n2ncc(Oc3ccc4c(c3)CCC4)c(Nc3cccc(C(=O)NCc4ccncc4)c3)c2=O)cc1. The molecule has 5 aromatic rings. The van der Waals surface area contributed by atoms with Gasteiger partial charge in [-0.2, -0.15) is 9.78 Å². The molecule has 0 radical (unpaired) electrons. The molecule has 9 heteroatoms. The largest absolute Gasteiger partial charge is 0.497 e. The van der Waals surface area contributed by atoms with E-state index in [4.69, 9.17) is 9.47 Å². The first-order valence-electron chi connectivity index (χ1n) is 13.7. The number of ether oxygens (including phenoxy) is 2. The van der Waals surface area contributed by atoms with Gasteiger partial charge >= 0.3 is 0 Å². The number of pyridine rings is 1.